The van der Waals surface area contributed by atoms with Gasteiger partial charge in [0.15, 0.2) is 0 Å². The summed E-state index contributed by atoms with van der Waals surface area (Å²) in [6.07, 6.45) is 2.59. The molecule has 2 unspecified atom stereocenters. The number of nitrogens with one attached hydrogen (secondary N) is 1. The van der Waals surface area contributed by atoms with Crippen LogP contribution in [0, 0.1) is 5.92 Å². The summed E-state index contributed by atoms with van der Waals surface area (Å²) in [6, 6.07) is 7.80. The minimum absolute atomic E-state index is 0.0150. The zero-order valence-electron chi connectivity index (χ0n) is 10.0. The first-order valence-electron chi connectivity index (χ1n) is 6.09. The van der Waals surface area contributed by atoms with Crippen LogP contribution in [0.3, 0.4) is 0 Å². The van der Waals surface area contributed by atoms with Crippen molar-refractivity contribution in [1.29, 1.82) is 0 Å². The molecule has 4 heteroatoms. The van der Waals surface area contributed by atoms with Crippen molar-refractivity contribution in [2.75, 3.05) is 6.61 Å². The summed E-state index contributed by atoms with van der Waals surface area (Å²) in [5, 5.41) is 0.730. The Labute approximate surface area is 107 Å². The fraction of sp³-hybridized carbons (Fsp3) is 0.538. The van der Waals surface area contributed by atoms with E-state index < -0.39 is 0 Å². The maximum Gasteiger partial charge on any atom is 0.0810 e. The van der Waals surface area contributed by atoms with Crippen LogP contribution in [0.4, 0.5) is 0 Å². The van der Waals surface area contributed by atoms with Gasteiger partial charge in [0.1, 0.15) is 0 Å². The Morgan fingerprint density at radius 3 is 2.82 bits per heavy atom. The number of halogens is 1. The van der Waals surface area contributed by atoms with Gasteiger partial charge in [-0.15, -0.1) is 0 Å². The number of nitrogens with two attached hydrogens (primary N) is 1. The fourth-order valence-electron chi connectivity index (χ4n) is 2.20. The lowest BCUT2D eigenvalue weighted by atomic mass is 9.98. The van der Waals surface area contributed by atoms with Gasteiger partial charge in [-0.05, 0) is 43.4 Å². The lowest BCUT2D eigenvalue weighted by Gasteiger charge is -2.27. The number of rotatable bonds is 6. The Morgan fingerprint density at radius 2 is 2.29 bits per heavy atom. The van der Waals surface area contributed by atoms with Crippen LogP contribution in [-0.2, 0) is 4.74 Å². The van der Waals surface area contributed by atoms with Crippen LogP contribution in [-0.4, -0.2) is 12.7 Å². The predicted octanol–water partition coefficient (Wildman–Crippen LogP) is 2.66. The summed E-state index contributed by atoms with van der Waals surface area (Å²) in [5.41, 5.74) is 3.96. The van der Waals surface area contributed by atoms with E-state index in [-0.39, 0.29) is 12.1 Å². The smallest absolute Gasteiger partial charge is 0.0810 e. The van der Waals surface area contributed by atoms with E-state index in [1.165, 1.54) is 12.8 Å². The van der Waals surface area contributed by atoms with Gasteiger partial charge < -0.3 is 4.74 Å². The van der Waals surface area contributed by atoms with Gasteiger partial charge in [0.2, 0.25) is 0 Å². The lowest BCUT2D eigenvalue weighted by molar-refractivity contribution is 0.0185. The average molecular weight is 255 g/mol. The Bertz CT molecular complexity index is 368. The highest BCUT2D eigenvalue weighted by Gasteiger charge is 2.37. The number of benzene rings is 1. The number of hydrogen-bond donors (Lipinski definition) is 2. The van der Waals surface area contributed by atoms with Crippen LogP contribution in [0.25, 0.3) is 0 Å². The van der Waals surface area contributed by atoms with Crippen molar-refractivity contribution >= 4 is 11.6 Å². The first kappa shape index (κ1) is 12.8. The Hall–Kier alpha value is -0.610. The van der Waals surface area contributed by atoms with E-state index in [0.717, 1.165) is 10.6 Å². The number of hydrazine groups is 1. The molecule has 2 rings (SSSR count). The summed E-state index contributed by atoms with van der Waals surface area (Å²) in [6.45, 7) is 2.72. The molecule has 0 aliphatic heterocycles. The highest BCUT2D eigenvalue weighted by atomic mass is 35.5. The Morgan fingerprint density at radius 1 is 1.53 bits per heavy atom. The molecule has 0 saturated heterocycles. The molecule has 1 aliphatic rings. The third-order valence-corrected chi connectivity index (χ3v) is 3.40. The zero-order chi connectivity index (χ0) is 12.3. The quantitative estimate of drug-likeness (QED) is 0.606. The molecule has 1 aromatic rings. The molecule has 3 N–H and O–H groups in total. The highest BCUT2D eigenvalue weighted by Crippen LogP contribution is 2.40. The van der Waals surface area contributed by atoms with E-state index in [1.54, 1.807) is 0 Å². The third-order valence-electron chi connectivity index (χ3n) is 3.16. The maximum absolute atomic E-state index is 6.01. The molecular weight excluding hydrogens is 236 g/mol. The van der Waals surface area contributed by atoms with Crippen LogP contribution in [0.5, 0.6) is 0 Å². The summed E-state index contributed by atoms with van der Waals surface area (Å²) in [5.74, 6) is 6.30. The van der Waals surface area contributed by atoms with Gasteiger partial charge in [-0.3, -0.25) is 11.3 Å². The van der Waals surface area contributed by atoms with Gasteiger partial charge in [-0.1, -0.05) is 23.7 Å². The Kier molecular flexibility index (Phi) is 4.40. The Balaban J connectivity index is 2.18. The molecule has 0 aromatic heterocycles. The van der Waals surface area contributed by atoms with E-state index in [4.69, 9.17) is 22.2 Å². The molecule has 1 saturated carbocycles. The first-order chi connectivity index (χ1) is 8.26. The van der Waals surface area contributed by atoms with Gasteiger partial charge in [0.05, 0.1) is 12.1 Å². The van der Waals surface area contributed by atoms with E-state index in [9.17, 15) is 0 Å². The molecular formula is C13H19ClN2O. The van der Waals surface area contributed by atoms with Crippen LogP contribution in [0.15, 0.2) is 24.3 Å². The average Bonchev–Trinajstić information content (AvgIpc) is 3.13. The van der Waals surface area contributed by atoms with Crippen molar-refractivity contribution in [3.8, 4) is 0 Å². The number of ether oxygens (including phenoxy) is 1. The van der Waals surface area contributed by atoms with Crippen LogP contribution < -0.4 is 11.3 Å². The monoisotopic (exact) mass is 254 g/mol. The second-order valence-electron chi connectivity index (χ2n) is 4.46. The SMILES string of the molecule is CCOC(C1CC1)C(NN)c1cccc(Cl)c1. The lowest BCUT2D eigenvalue weighted by Crippen LogP contribution is -2.39. The van der Waals surface area contributed by atoms with Crippen molar-refractivity contribution in [3.63, 3.8) is 0 Å². The van der Waals surface area contributed by atoms with Gasteiger partial charge in [-0.25, -0.2) is 0 Å². The van der Waals surface area contributed by atoms with Crippen LogP contribution >= 0.6 is 11.6 Å². The van der Waals surface area contributed by atoms with E-state index in [2.05, 4.69) is 5.43 Å². The summed E-state index contributed by atoms with van der Waals surface area (Å²) >= 11 is 6.01. The van der Waals surface area contributed by atoms with Crippen molar-refractivity contribution in [1.82, 2.24) is 5.43 Å². The number of hydrogen-bond acceptors (Lipinski definition) is 3. The first-order valence-corrected chi connectivity index (χ1v) is 6.47. The summed E-state index contributed by atoms with van der Waals surface area (Å²) in [4.78, 5) is 0. The zero-order valence-corrected chi connectivity index (χ0v) is 10.8. The van der Waals surface area contributed by atoms with Gasteiger partial charge in [-0.2, -0.15) is 0 Å². The normalized spacial score (nSPS) is 19.0. The van der Waals surface area contributed by atoms with E-state index >= 15 is 0 Å². The molecule has 0 bridgehead atoms. The maximum atomic E-state index is 6.01. The molecule has 94 valence electrons. The summed E-state index contributed by atoms with van der Waals surface area (Å²) in [7, 11) is 0. The molecule has 1 aromatic carbocycles. The molecule has 0 heterocycles. The standard InChI is InChI=1S/C13H19ClN2O/c1-2-17-13(9-6-7-9)12(16-15)10-4-3-5-11(14)8-10/h3-5,8-9,12-13,16H,2,6-7,15H2,1H3. The van der Waals surface area contributed by atoms with Crippen molar-refractivity contribution in [3.05, 3.63) is 34.9 Å². The molecule has 0 amide bonds. The van der Waals surface area contributed by atoms with Crippen LogP contribution in [0.1, 0.15) is 31.4 Å². The highest BCUT2D eigenvalue weighted by molar-refractivity contribution is 6.30. The third kappa shape index (κ3) is 3.19. The van der Waals surface area contributed by atoms with Gasteiger partial charge >= 0.3 is 0 Å². The van der Waals surface area contributed by atoms with Crippen LogP contribution in [0.2, 0.25) is 5.02 Å². The minimum atomic E-state index is 0.0150. The largest absolute Gasteiger partial charge is 0.376 e. The van der Waals surface area contributed by atoms with E-state index in [0.29, 0.717) is 12.5 Å². The van der Waals surface area contributed by atoms with E-state index in [1.807, 2.05) is 31.2 Å². The van der Waals surface area contributed by atoms with Crippen molar-refractivity contribution < 1.29 is 4.74 Å². The summed E-state index contributed by atoms with van der Waals surface area (Å²) < 4.78 is 5.83. The van der Waals surface area contributed by atoms with Gasteiger partial charge in [0, 0.05) is 11.6 Å². The minimum Gasteiger partial charge on any atom is -0.376 e. The fourth-order valence-corrected chi connectivity index (χ4v) is 2.40. The molecule has 1 aliphatic carbocycles. The molecule has 17 heavy (non-hydrogen) atoms. The van der Waals surface area contributed by atoms with Crippen molar-refractivity contribution in [2.24, 2.45) is 11.8 Å². The molecule has 2 atom stereocenters. The van der Waals surface area contributed by atoms with Crippen molar-refractivity contribution in [2.45, 2.75) is 31.9 Å². The molecule has 3 nitrogen and oxygen atoms in total. The molecule has 0 radical (unpaired) electrons. The molecule has 0 spiro atoms. The topological polar surface area (TPSA) is 47.3 Å². The molecule has 1 fully saturated rings. The second kappa shape index (κ2) is 5.83. The predicted molar refractivity (Wildman–Crippen MR) is 69.7 cm³/mol. The van der Waals surface area contributed by atoms with Gasteiger partial charge in [0.25, 0.3) is 0 Å². The second-order valence-corrected chi connectivity index (χ2v) is 4.89.